The zero-order valence-electron chi connectivity index (χ0n) is 30.8. The third-order valence-electron chi connectivity index (χ3n) is 10.5. The second-order valence-corrected chi connectivity index (χ2v) is 14.7. The molecule has 0 radical (unpaired) electrons. The van der Waals surface area contributed by atoms with Crippen LogP contribution < -0.4 is 10.1 Å². The number of aromatic hydroxyl groups is 2. The number of fused-ring (bicyclic) bond motifs is 2. The van der Waals surface area contributed by atoms with Crippen LogP contribution in [0.15, 0.2) is 101 Å². The van der Waals surface area contributed by atoms with E-state index in [1.807, 2.05) is 72.8 Å². The monoisotopic (exact) mass is 744 g/mol. The van der Waals surface area contributed by atoms with Crippen molar-refractivity contribution in [1.82, 2.24) is 20.2 Å². The van der Waals surface area contributed by atoms with Gasteiger partial charge in [-0.1, -0.05) is 48.4 Å². The number of halogens is 1. The molecule has 8 rings (SSSR count). The summed E-state index contributed by atoms with van der Waals surface area (Å²) in [5.41, 5.74) is 6.12. The second kappa shape index (κ2) is 17.8. The van der Waals surface area contributed by atoms with Gasteiger partial charge in [-0.2, -0.15) is 0 Å². The molecule has 9 nitrogen and oxygen atoms in total. The van der Waals surface area contributed by atoms with Crippen LogP contribution in [0.25, 0.3) is 21.8 Å². The molecule has 2 aliphatic rings. The first-order valence-electron chi connectivity index (χ1n) is 19.1. The number of hydrogen-bond acceptors (Lipinski definition) is 7. The van der Waals surface area contributed by atoms with Crippen LogP contribution in [0.5, 0.6) is 17.5 Å². The summed E-state index contributed by atoms with van der Waals surface area (Å²) in [6, 6.07) is 29.4. The molecule has 6 aromatic rings. The molecule has 10 heteroatoms. The van der Waals surface area contributed by atoms with E-state index >= 15 is 0 Å². The third-order valence-corrected chi connectivity index (χ3v) is 10.7. The Morgan fingerprint density at radius 3 is 2.13 bits per heavy atom. The van der Waals surface area contributed by atoms with Gasteiger partial charge in [0.05, 0.1) is 28.6 Å². The molecule has 4 aromatic carbocycles. The van der Waals surface area contributed by atoms with Crippen molar-refractivity contribution in [3.63, 3.8) is 0 Å². The molecule has 2 fully saturated rings. The molecule has 0 bridgehead atoms. The van der Waals surface area contributed by atoms with Crippen molar-refractivity contribution >= 4 is 57.2 Å². The number of para-hydroxylation sites is 1. The van der Waals surface area contributed by atoms with Crippen molar-refractivity contribution in [2.24, 2.45) is 15.9 Å². The van der Waals surface area contributed by atoms with E-state index in [1.165, 1.54) is 50.8 Å². The lowest BCUT2D eigenvalue weighted by atomic mass is 9.95. The van der Waals surface area contributed by atoms with E-state index in [1.54, 1.807) is 18.5 Å². The van der Waals surface area contributed by atoms with Crippen molar-refractivity contribution in [2.75, 3.05) is 32.7 Å². The zero-order valence-corrected chi connectivity index (χ0v) is 31.5. The van der Waals surface area contributed by atoms with Gasteiger partial charge in [0, 0.05) is 58.3 Å². The van der Waals surface area contributed by atoms with Crippen molar-refractivity contribution in [3.05, 3.63) is 113 Å². The lowest BCUT2D eigenvalue weighted by molar-refractivity contribution is 0.131. The SMILES string of the molecule is CC(Oc1ccc(N=Cc2c(O)[nH]c3ccc(Cl)cc23)cc1)C1CCCNC1.Oc1[nH]c2ccccc2c1C=Nc1ccc(CCN2CCCCC2)cc1. The van der Waals surface area contributed by atoms with E-state index in [9.17, 15) is 10.2 Å². The number of aliphatic imine (C=N–C) groups is 2. The summed E-state index contributed by atoms with van der Waals surface area (Å²) in [7, 11) is 0. The number of aromatic amines is 2. The lowest BCUT2D eigenvalue weighted by Gasteiger charge is -2.28. The number of piperidine rings is 2. The van der Waals surface area contributed by atoms with Crippen molar-refractivity contribution in [2.45, 2.75) is 51.6 Å². The highest BCUT2D eigenvalue weighted by atomic mass is 35.5. The van der Waals surface area contributed by atoms with E-state index in [-0.39, 0.29) is 17.9 Å². The Morgan fingerprint density at radius 1 is 0.796 bits per heavy atom. The first kappa shape index (κ1) is 37.2. The van der Waals surface area contributed by atoms with Crippen LogP contribution in [0.4, 0.5) is 11.4 Å². The van der Waals surface area contributed by atoms with E-state index in [0.29, 0.717) is 16.5 Å². The average molecular weight is 745 g/mol. The molecule has 0 aliphatic carbocycles. The molecule has 4 heterocycles. The van der Waals surface area contributed by atoms with Gasteiger partial charge in [-0.15, -0.1) is 0 Å². The third kappa shape index (κ3) is 9.52. The predicted molar refractivity (Wildman–Crippen MR) is 222 cm³/mol. The van der Waals surface area contributed by atoms with E-state index < -0.39 is 0 Å². The molecule has 2 aliphatic heterocycles. The smallest absolute Gasteiger partial charge is 0.198 e. The number of aromatic nitrogens is 2. The quantitative estimate of drug-likeness (QED) is 0.0895. The van der Waals surface area contributed by atoms with Crippen molar-refractivity contribution in [3.8, 4) is 17.5 Å². The summed E-state index contributed by atoms with van der Waals surface area (Å²) in [6.45, 7) is 7.89. The van der Waals surface area contributed by atoms with Crippen LogP contribution in [0.2, 0.25) is 5.02 Å². The highest BCUT2D eigenvalue weighted by molar-refractivity contribution is 6.31. The van der Waals surface area contributed by atoms with Gasteiger partial charge in [0.2, 0.25) is 0 Å². The second-order valence-electron chi connectivity index (χ2n) is 14.3. The van der Waals surface area contributed by atoms with E-state index in [0.717, 1.165) is 70.5 Å². The normalized spacial score (nSPS) is 17.3. The van der Waals surface area contributed by atoms with Gasteiger partial charge in [0.1, 0.15) is 5.75 Å². The molecule has 5 N–H and O–H groups in total. The van der Waals surface area contributed by atoms with Crippen LogP contribution in [0.1, 0.15) is 55.7 Å². The summed E-state index contributed by atoms with van der Waals surface area (Å²) in [5, 5.41) is 26.1. The fourth-order valence-electron chi connectivity index (χ4n) is 7.28. The number of nitrogens with one attached hydrogen (secondary N) is 3. The van der Waals surface area contributed by atoms with Gasteiger partial charge in [-0.05, 0) is 125 Å². The molecule has 2 atom stereocenters. The van der Waals surface area contributed by atoms with Gasteiger partial charge < -0.3 is 35.1 Å². The summed E-state index contributed by atoms with van der Waals surface area (Å²) in [6.07, 6.45) is 11.1. The van der Waals surface area contributed by atoms with Crippen LogP contribution >= 0.6 is 11.6 Å². The Kier molecular flexibility index (Phi) is 12.3. The lowest BCUT2D eigenvalue weighted by Crippen LogP contribution is -2.37. The van der Waals surface area contributed by atoms with Gasteiger partial charge in [-0.25, -0.2) is 0 Å². The first-order valence-corrected chi connectivity index (χ1v) is 19.4. The predicted octanol–water partition coefficient (Wildman–Crippen LogP) is 9.70. The van der Waals surface area contributed by atoms with Crippen LogP contribution in [0, 0.1) is 5.92 Å². The van der Waals surface area contributed by atoms with Gasteiger partial charge in [0.15, 0.2) is 11.8 Å². The van der Waals surface area contributed by atoms with E-state index in [2.05, 4.69) is 49.2 Å². The van der Waals surface area contributed by atoms with Gasteiger partial charge in [0.25, 0.3) is 0 Å². The minimum atomic E-state index is 0.0795. The van der Waals surface area contributed by atoms with Gasteiger partial charge in [-0.3, -0.25) is 9.98 Å². The Hall–Kier alpha value is -5.09. The Balaban J connectivity index is 0.000000167. The first-order chi connectivity index (χ1) is 26.4. The molecule has 2 saturated heterocycles. The molecule has 0 saturated carbocycles. The Morgan fingerprint density at radius 2 is 1.44 bits per heavy atom. The molecule has 280 valence electrons. The minimum absolute atomic E-state index is 0.0795. The number of rotatable bonds is 10. The maximum absolute atomic E-state index is 10.2. The number of benzene rings is 4. The number of H-pyrrole nitrogens is 2. The highest BCUT2D eigenvalue weighted by Crippen LogP contribution is 2.30. The molecule has 0 spiro atoms. The average Bonchev–Trinajstić information content (AvgIpc) is 3.70. The Labute approximate surface area is 321 Å². The zero-order chi connectivity index (χ0) is 37.3. The molecular formula is C44H49ClN6O3. The maximum atomic E-state index is 10.2. The van der Waals surface area contributed by atoms with Crippen LogP contribution in [0.3, 0.4) is 0 Å². The summed E-state index contributed by atoms with van der Waals surface area (Å²) in [5.74, 6) is 1.63. The van der Waals surface area contributed by atoms with Gasteiger partial charge >= 0.3 is 0 Å². The van der Waals surface area contributed by atoms with Crippen molar-refractivity contribution in [1.29, 1.82) is 0 Å². The fourth-order valence-corrected chi connectivity index (χ4v) is 7.45. The van der Waals surface area contributed by atoms with Crippen LogP contribution in [-0.4, -0.2) is 76.3 Å². The van der Waals surface area contributed by atoms with Crippen LogP contribution in [-0.2, 0) is 6.42 Å². The van der Waals surface area contributed by atoms with E-state index in [4.69, 9.17) is 16.3 Å². The topological polar surface area (TPSA) is 121 Å². The largest absolute Gasteiger partial charge is 0.494 e. The maximum Gasteiger partial charge on any atom is 0.198 e. The molecular weight excluding hydrogens is 696 g/mol. The van der Waals surface area contributed by atoms with Crippen molar-refractivity contribution < 1.29 is 14.9 Å². The summed E-state index contributed by atoms with van der Waals surface area (Å²) in [4.78, 5) is 17.5. The molecule has 2 aromatic heterocycles. The summed E-state index contributed by atoms with van der Waals surface area (Å²) < 4.78 is 6.10. The highest BCUT2D eigenvalue weighted by Gasteiger charge is 2.21. The standard InChI is InChI=1S/C22H24ClN3O2.C22H25N3O/c1-14(15-3-2-10-24-12-15)28-18-7-5-17(6-8-18)25-13-20-19-11-16(23)4-9-21(19)26-22(20)27;26-22-20(19-6-2-3-7-21(19)24-22)16-23-18-10-8-17(9-11-18)12-15-25-13-4-1-5-14-25/h4-9,11,13-15,24,26-27H,2-3,10,12H2,1H3;2-3,6-11,16,24,26H,1,4-5,12-15H2. The number of nitrogens with zero attached hydrogens (tertiary/aromatic N) is 3. The fraction of sp³-hybridized carbons (Fsp3) is 0.318. The number of likely N-dealkylation sites (tertiary alicyclic amines) is 1. The number of ether oxygens (including phenoxy) is 1. The Bertz CT molecular complexity index is 2180. The molecule has 54 heavy (non-hydrogen) atoms. The molecule has 2 unspecified atom stereocenters. The summed E-state index contributed by atoms with van der Waals surface area (Å²) >= 11 is 6.07. The number of hydrogen-bond donors (Lipinski definition) is 5. The minimum Gasteiger partial charge on any atom is -0.494 e. The molecule has 0 amide bonds.